The van der Waals surface area contributed by atoms with E-state index in [0.29, 0.717) is 0 Å². The average molecular weight is 343 g/mol. The monoisotopic (exact) mass is 342 g/mol. The molecule has 0 bridgehead atoms. The lowest BCUT2D eigenvalue weighted by molar-refractivity contribution is 0.367. The van der Waals surface area contributed by atoms with Crippen molar-refractivity contribution in [3.63, 3.8) is 0 Å². The summed E-state index contributed by atoms with van der Waals surface area (Å²) in [5, 5.41) is 1.16. The van der Waals surface area contributed by atoms with E-state index in [1.54, 1.807) is 10.8 Å². The lowest BCUT2D eigenvalue weighted by Gasteiger charge is -2.18. The number of hydrogen-bond donors (Lipinski definition) is 0. The van der Waals surface area contributed by atoms with Crippen LogP contribution < -0.4 is 0 Å². The standard InChI is InChI=1S/C10H22N4S2.BrH/c1-12(2)7-6-8-14(5)10-11-9(13(3)4)15-16-10;/h9H,6-8H2,1-5H3;1H. The van der Waals surface area contributed by atoms with Crippen molar-refractivity contribution in [3.05, 3.63) is 0 Å². The molecule has 1 rings (SSSR count). The molecule has 0 aliphatic carbocycles. The van der Waals surface area contributed by atoms with Crippen molar-refractivity contribution < 1.29 is 0 Å². The molecule has 0 spiro atoms. The summed E-state index contributed by atoms with van der Waals surface area (Å²) in [6, 6.07) is 0. The Balaban J connectivity index is 0.00000256. The van der Waals surface area contributed by atoms with Crippen molar-refractivity contribution in [1.82, 2.24) is 14.7 Å². The highest BCUT2D eigenvalue weighted by atomic mass is 79.9. The summed E-state index contributed by atoms with van der Waals surface area (Å²) in [4.78, 5) is 11.3. The molecule has 0 saturated carbocycles. The molecular formula is C10H23BrN4S2. The fraction of sp³-hybridized carbons (Fsp3) is 0.900. The predicted molar refractivity (Wildman–Crippen MR) is 86.2 cm³/mol. The Morgan fingerprint density at radius 2 is 1.76 bits per heavy atom. The zero-order valence-electron chi connectivity index (χ0n) is 11.2. The van der Waals surface area contributed by atoms with E-state index in [4.69, 9.17) is 0 Å². The minimum Gasteiger partial charge on any atom is -0.354 e. The Bertz CT molecular complexity index is 248. The van der Waals surface area contributed by atoms with E-state index in [2.05, 4.69) is 54.9 Å². The SMILES string of the molecule is Br.CN(C)CCCN(C)C1=NC(N(C)C)SS1. The van der Waals surface area contributed by atoms with Crippen LogP contribution in [0.1, 0.15) is 6.42 Å². The fourth-order valence-electron chi connectivity index (χ4n) is 1.31. The van der Waals surface area contributed by atoms with Crippen molar-refractivity contribution in [3.8, 4) is 0 Å². The minimum atomic E-state index is 0. The van der Waals surface area contributed by atoms with Crippen LogP contribution >= 0.6 is 38.6 Å². The number of amidine groups is 1. The van der Waals surface area contributed by atoms with Crippen molar-refractivity contribution in [1.29, 1.82) is 0 Å². The van der Waals surface area contributed by atoms with Crippen molar-refractivity contribution in [2.24, 2.45) is 4.99 Å². The van der Waals surface area contributed by atoms with Gasteiger partial charge in [0.2, 0.25) is 0 Å². The normalized spacial score (nSPS) is 19.5. The first kappa shape index (κ1) is 17.6. The molecule has 1 unspecified atom stereocenters. The van der Waals surface area contributed by atoms with E-state index < -0.39 is 0 Å². The van der Waals surface area contributed by atoms with Crippen molar-refractivity contribution in [2.75, 3.05) is 48.3 Å². The summed E-state index contributed by atoms with van der Waals surface area (Å²) < 4.78 is 0. The average Bonchev–Trinajstić information content (AvgIpc) is 2.65. The van der Waals surface area contributed by atoms with Crippen LogP contribution in [0.15, 0.2) is 4.99 Å². The van der Waals surface area contributed by atoms with Gasteiger partial charge in [-0.2, -0.15) is 0 Å². The lowest BCUT2D eigenvalue weighted by atomic mass is 10.4. The quantitative estimate of drug-likeness (QED) is 0.711. The Morgan fingerprint density at radius 1 is 1.12 bits per heavy atom. The number of halogens is 1. The van der Waals surface area contributed by atoms with E-state index in [-0.39, 0.29) is 22.5 Å². The Morgan fingerprint density at radius 3 is 2.24 bits per heavy atom. The summed E-state index contributed by atoms with van der Waals surface area (Å²) >= 11 is 0. The molecular weight excluding hydrogens is 320 g/mol. The molecule has 1 aliphatic heterocycles. The second kappa shape index (κ2) is 8.63. The zero-order chi connectivity index (χ0) is 12.1. The number of nitrogens with zero attached hydrogens (tertiary/aromatic N) is 4. The maximum atomic E-state index is 4.67. The van der Waals surface area contributed by atoms with Gasteiger partial charge in [-0.15, -0.1) is 17.0 Å². The fourth-order valence-corrected chi connectivity index (χ4v) is 3.90. The summed E-state index contributed by atoms with van der Waals surface area (Å²) in [5.74, 6) is 0. The summed E-state index contributed by atoms with van der Waals surface area (Å²) in [6.45, 7) is 2.21. The van der Waals surface area contributed by atoms with Crippen LogP contribution in [0.25, 0.3) is 0 Å². The summed E-state index contributed by atoms with van der Waals surface area (Å²) in [7, 11) is 14.1. The second-order valence-electron chi connectivity index (χ2n) is 4.46. The van der Waals surface area contributed by atoms with Gasteiger partial charge in [0.1, 0.15) is 0 Å². The Labute approximate surface area is 123 Å². The van der Waals surface area contributed by atoms with Crippen molar-refractivity contribution in [2.45, 2.75) is 11.9 Å². The Kier molecular flexibility index (Phi) is 8.92. The van der Waals surface area contributed by atoms with Gasteiger partial charge in [0.15, 0.2) is 10.7 Å². The van der Waals surface area contributed by atoms with E-state index in [1.807, 2.05) is 10.8 Å². The van der Waals surface area contributed by atoms with Crippen LogP contribution in [0.4, 0.5) is 0 Å². The van der Waals surface area contributed by atoms with Gasteiger partial charge in [-0.05, 0) is 62.7 Å². The molecule has 102 valence electrons. The topological polar surface area (TPSA) is 22.1 Å². The van der Waals surface area contributed by atoms with E-state index in [1.165, 1.54) is 6.42 Å². The molecule has 4 nitrogen and oxygen atoms in total. The van der Waals surface area contributed by atoms with Gasteiger partial charge in [0.05, 0.1) is 0 Å². The number of rotatable bonds is 5. The number of hydrogen-bond acceptors (Lipinski definition) is 6. The van der Waals surface area contributed by atoms with Gasteiger partial charge in [-0.25, -0.2) is 4.99 Å². The molecule has 0 amide bonds. The zero-order valence-corrected chi connectivity index (χ0v) is 14.6. The Hall–Kier alpha value is 0.570. The first-order chi connectivity index (χ1) is 7.50. The summed E-state index contributed by atoms with van der Waals surface area (Å²) in [6.07, 6.45) is 1.18. The third kappa shape index (κ3) is 6.33. The van der Waals surface area contributed by atoms with Crippen LogP contribution in [0.5, 0.6) is 0 Å². The maximum absolute atomic E-state index is 4.67. The van der Waals surface area contributed by atoms with E-state index >= 15 is 0 Å². The molecule has 0 aromatic carbocycles. The van der Waals surface area contributed by atoms with Gasteiger partial charge in [-0.3, -0.25) is 4.90 Å². The highest BCUT2D eigenvalue weighted by Crippen LogP contribution is 2.37. The first-order valence-electron chi connectivity index (χ1n) is 5.44. The first-order valence-corrected chi connectivity index (χ1v) is 7.65. The largest absolute Gasteiger partial charge is 0.354 e. The second-order valence-corrected chi connectivity index (χ2v) is 6.68. The highest BCUT2D eigenvalue weighted by Gasteiger charge is 2.23. The smallest absolute Gasteiger partial charge is 0.172 e. The van der Waals surface area contributed by atoms with Crippen LogP contribution in [-0.2, 0) is 0 Å². The van der Waals surface area contributed by atoms with E-state index in [9.17, 15) is 0 Å². The third-order valence-electron chi connectivity index (χ3n) is 2.30. The molecule has 0 aromatic rings. The molecule has 0 saturated heterocycles. The molecule has 0 N–H and O–H groups in total. The third-order valence-corrected chi connectivity index (χ3v) is 4.91. The van der Waals surface area contributed by atoms with Gasteiger partial charge >= 0.3 is 0 Å². The van der Waals surface area contributed by atoms with E-state index in [0.717, 1.165) is 18.3 Å². The van der Waals surface area contributed by atoms with Crippen LogP contribution in [0.2, 0.25) is 0 Å². The van der Waals surface area contributed by atoms with Gasteiger partial charge < -0.3 is 9.80 Å². The molecule has 1 heterocycles. The predicted octanol–water partition coefficient (Wildman–Crippen LogP) is 2.04. The highest BCUT2D eigenvalue weighted by molar-refractivity contribution is 8.93. The lowest BCUT2D eigenvalue weighted by Crippen LogP contribution is -2.27. The maximum Gasteiger partial charge on any atom is 0.172 e. The molecule has 7 heteroatoms. The van der Waals surface area contributed by atoms with Crippen LogP contribution in [0, 0.1) is 0 Å². The van der Waals surface area contributed by atoms with Gasteiger partial charge in [0.25, 0.3) is 0 Å². The van der Waals surface area contributed by atoms with Crippen LogP contribution in [-0.4, -0.2) is 73.7 Å². The minimum absolute atomic E-state index is 0. The molecule has 1 aliphatic rings. The molecule has 1 atom stereocenters. The van der Waals surface area contributed by atoms with Gasteiger partial charge in [0, 0.05) is 13.6 Å². The summed E-state index contributed by atoms with van der Waals surface area (Å²) in [5.41, 5.74) is 0.274. The molecule has 17 heavy (non-hydrogen) atoms. The van der Waals surface area contributed by atoms with Gasteiger partial charge in [-0.1, -0.05) is 0 Å². The molecule has 0 radical (unpaired) electrons. The van der Waals surface area contributed by atoms with Crippen molar-refractivity contribution >= 4 is 43.7 Å². The molecule has 0 fully saturated rings. The number of aliphatic imine (C=N–C) groups is 1. The molecule has 0 aromatic heterocycles. The van der Waals surface area contributed by atoms with Crippen LogP contribution in [0.3, 0.4) is 0 Å².